The van der Waals surface area contributed by atoms with E-state index in [1.54, 1.807) is 6.33 Å². The van der Waals surface area contributed by atoms with E-state index in [1.807, 2.05) is 23.7 Å². The molecule has 0 aliphatic carbocycles. The predicted octanol–water partition coefficient (Wildman–Crippen LogP) is 1.86. The SMILES string of the molecule is CC(N)c1ncn(CC2CCOc3ccccc32)n1. The average Bonchev–Trinajstić information content (AvgIpc) is 2.88. The van der Waals surface area contributed by atoms with Gasteiger partial charge in [-0.1, -0.05) is 18.2 Å². The minimum absolute atomic E-state index is 0.122. The lowest BCUT2D eigenvalue weighted by Crippen LogP contribution is -2.19. The Labute approximate surface area is 112 Å². The highest BCUT2D eigenvalue weighted by molar-refractivity contribution is 5.37. The molecule has 2 unspecified atom stereocenters. The topological polar surface area (TPSA) is 66.0 Å². The third-order valence-electron chi connectivity index (χ3n) is 3.45. The van der Waals surface area contributed by atoms with E-state index in [4.69, 9.17) is 10.5 Å². The van der Waals surface area contributed by atoms with E-state index in [-0.39, 0.29) is 6.04 Å². The fraction of sp³-hybridized carbons (Fsp3) is 0.429. The summed E-state index contributed by atoms with van der Waals surface area (Å²) >= 11 is 0. The Hall–Kier alpha value is -1.88. The molecule has 1 aliphatic rings. The van der Waals surface area contributed by atoms with Crippen LogP contribution in [0.1, 0.15) is 36.7 Å². The maximum Gasteiger partial charge on any atom is 0.166 e. The third-order valence-corrected chi connectivity index (χ3v) is 3.45. The van der Waals surface area contributed by atoms with Crippen molar-refractivity contribution in [1.82, 2.24) is 14.8 Å². The van der Waals surface area contributed by atoms with Crippen LogP contribution < -0.4 is 10.5 Å². The van der Waals surface area contributed by atoms with Crippen LogP contribution in [0.4, 0.5) is 0 Å². The summed E-state index contributed by atoms with van der Waals surface area (Å²) in [5.41, 5.74) is 7.03. The van der Waals surface area contributed by atoms with Crippen molar-refractivity contribution in [2.45, 2.75) is 31.8 Å². The van der Waals surface area contributed by atoms with Crippen molar-refractivity contribution >= 4 is 0 Å². The number of rotatable bonds is 3. The zero-order chi connectivity index (χ0) is 13.2. The lowest BCUT2D eigenvalue weighted by Gasteiger charge is -2.25. The van der Waals surface area contributed by atoms with Crippen LogP contribution in [0.3, 0.4) is 0 Å². The molecule has 1 aromatic carbocycles. The molecular weight excluding hydrogens is 240 g/mol. The lowest BCUT2D eigenvalue weighted by molar-refractivity contribution is 0.256. The zero-order valence-electron chi connectivity index (χ0n) is 11.0. The van der Waals surface area contributed by atoms with Gasteiger partial charge in [-0.2, -0.15) is 5.10 Å². The van der Waals surface area contributed by atoms with Crippen LogP contribution in [0, 0.1) is 0 Å². The van der Waals surface area contributed by atoms with E-state index >= 15 is 0 Å². The highest BCUT2D eigenvalue weighted by atomic mass is 16.5. The first-order valence-corrected chi connectivity index (χ1v) is 6.60. The van der Waals surface area contributed by atoms with E-state index in [2.05, 4.69) is 22.2 Å². The van der Waals surface area contributed by atoms with Crippen molar-refractivity contribution in [3.05, 3.63) is 42.0 Å². The van der Waals surface area contributed by atoms with Gasteiger partial charge < -0.3 is 10.5 Å². The van der Waals surface area contributed by atoms with Crippen LogP contribution in [-0.2, 0) is 6.54 Å². The van der Waals surface area contributed by atoms with Crippen molar-refractivity contribution in [3.63, 3.8) is 0 Å². The molecule has 0 amide bonds. The van der Waals surface area contributed by atoms with Crippen molar-refractivity contribution in [1.29, 1.82) is 0 Å². The van der Waals surface area contributed by atoms with Crippen molar-refractivity contribution in [2.24, 2.45) is 5.73 Å². The standard InChI is InChI=1S/C14H18N4O/c1-10(15)14-16-9-18(17-14)8-11-6-7-19-13-5-3-2-4-12(11)13/h2-5,9-11H,6-8,15H2,1H3. The second-order valence-electron chi connectivity index (χ2n) is 4.99. The number of ether oxygens (including phenoxy) is 1. The summed E-state index contributed by atoms with van der Waals surface area (Å²) in [6.07, 6.45) is 2.77. The summed E-state index contributed by atoms with van der Waals surface area (Å²) in [5, 5.41) is 4.42. The van der Waals surface area contributed by atoms with Gasteiger partial charge in [0, 0.05) is 12.5 Å². The number of aromatic nitrogens is 3. The Morgan fingerprint density at radius 1 is 1.47 bits per heavy atom. The quantitative estimate of drug-likeness (QED) is 0.912. The van der Waals surface area contributed by atoms with Gasteiger partial charge in [0.15, 0.2) is 5.82 Å². The van der Waals surface area contributed by atoms with E-state index in [0.717, 1.165) is 25.3 Å². The molecule has 3 rings (SSSR count). The Morgan fingerprint density at radius 2 is 2.32 bits per heavy atom. The Kier molecular flexibility index (Phi) is 3.21. The molecule has 5 heteroatoms. The molecule has 0 saturated heterocycles. The van der Waals surface area contributed by atoms with Crippen LogP contribution in [0.2, 0.25) is 0 Å². The van der Waals surface area contributed by atoms with Gasteiger partial charge in [0.05, 0.1) is 12.6 Å². The van der Waals surface area contributed by atoms with Crippen molar-refractivity contribution in [3.8, 4) is 5.75 Å². The molecule has 0 spiro atoms. The summed E-state index contributed by atoms with van der Waals surface area (Å²) in [6, 6.07) is 8.09. The number of para-hydroxylation sites is 1. The molecule has 100 valence electrons. The van der Waals surface area contributed by atoms with E-state index in [1.165, 1.54) is 5.56 Å². The normalized spacial score (nSPS) is 19.6. The number of hydrogen-bond acceptors (Lipinski definition) is 4. The van der Waals surface area contributed by atoms with Gasteiger partial charge in [0.2, 0.25) is 0 Å². The zero-order valence-corrected chi connectivity index (χ0v) is 11.0. The van der Waals surface area contributed by atoms with Gasteiger partial charge in [-0.25, -0.2) is 4.98 Å². The minimum Gasteiger partial charge on any atom is -0.493 e. The number of hydrogen-bond donors (Lipinski definition) is 1. The Bertz CT molecular complexity index is 564. The van der Waals surface area contributed by atoms with Gasteiger partial charge in [-0.15, -0.1) is 0 Å². The first-order valence-electron chi connectivity index (χ1n) is 6.60. The third kappa shape index (κ3) is 2.46. The molecule has 2 aromatic rings. The molecule has 0 fully saturated rings. The molecule has 19 heavy (non-hydrogen) atoms. The summed E-state index contributed by atoms with van der Waals surface area (Å²) < 4.78 is 7.55. The van der Waals surface area contributed by atoms with Crippen molar-refractivity contribution in [2.75, 3.05) is 6.61 Å². The highest BCUT2D eigenvalue weighted by Crippen LogP contribution is 2.34. The van der Waals surface area contributed by atoms with Gasteiger partial charge >= 0.3 is 0 Å². The maximum absolute atomic E-state index is 5.78. The number of fused-ring (bicyclic) bond motifs is 1. The molecule has 0 radical (unpaired) electrons. The van der Waals surface area contributed by atoms with Gasteiger partial charge in [-0.3, -0.25) is 4.68 Å². The average molecular weight is 258 g/mol. The Balaban J connectivity index is 1.80. The minimum atomic E-state index is -0.122. The molecule has 1 aliphatic heterocycles. The van der Waals surface area contributed by atoms with E-state index in [0.29, 0.717) is 11.7 Å². The summed E-state index contributed by atoms with van der Waals surface area (Å²) in [6.45, 7) is 3.47. The summed E-state index contributed by atoms with van der Waals surface area (Å²) in [4.78, 5) is 4.23. The van der Waals surface area contributed by atoms with Gasteiger partial charge in [0.25, 0.3) is 0 Å². The summed E-state index contributed by atoms with van der Waals surface area (Å²) in [5.74, 6) is 2.11. The molecule has 2 heterocycles. The van der Waals surface area contributed by atoms with Crippen LogP contribution in [0.15, 0.2) is 30.6 Å². The van der Waals surface area contributed by atoms with Crippen LogP contribution in [0.25, 0.3) is 0 Å². The first kappa shape index (κ1) is 12.2. The second kappa shape index (κ2) is 5.01. The predicted molar refractivity (Wildman–Crippen MR) is 71.9 cm³/mol. The van der Waals surface area contributed by atoms with E-state index in [9.17, 15) is 0 Å². The fourth-order valence-electron chi connectivity index (χ4n) is 2.44. The van der Waals surface area contributed by atoms with Crippen LogP contribution >= 0.6 is 0 Å². The smallest absolute Gasteiger partial charge is 0.166 e. The fourth-order valence-corrected chi connectivity index (χ4v) is 2.44. The van der Waals surface area contributed by atoms with Crippen LogP contribution in [0.5, 0.6) is 5.75 Å². The number of benzene rings is 1. The van der Waals surface area contributed by atoms with Crippen LogP contribution in [-0.4, -0.2) is 21.4 Å². The second-order valence-corrected chi connectivity index (χ2v) is 4.99. The molecule has 0 saturated carbocycles. The molecule has 5 nitrogen and oxygen atoms in total. The molecule has 2 N–H and O–H groups in total. The number of nitrogens with zero attached hydrogens (tertiary/aromatic N) is 3. The highest BCUT2D eigenvalue weighted by Gasteiger charge is 2.22. The van der Waals surface area contributed by atoms with Gasteiger partial charge in [-0.05, 0) is 25.0 Å². The van der Waals surface area contributed by atoms with E-state index < -0.39 is 0 Å². The van der Waals surface area contributed by atoms with Gasteiger partial charge in [0.1, 0.15) is 12.1 Å². The lowest BCUT2D eigenvalue weighted by atomic mass is 9.93. The number of nitrogens with two attached hydrogens (primary N) is 1. The monoisotopic (exact) mass is 258 g/mol. The molecule has 0 bridgehead atoms. The van der Waals surface area contributed by atoms with Crippen molar-refractivity contribution < 1.29 is 4.74 Å². The Morgan fingerprint density at radius 3 is 3.11 bits per heavy atom. The molecule has 2 atom stereocenters. The first-order chi connectivity index (χ1) is 9.24. The molecule has 1 aromatic heterocycles. The molecular formula is C14H18N4O. The maximum atomic E-state index is 5.78. The summed E-state index contributed by atoms with van der Waals surface area (Å²) in [7, 11) is 0. The largest absolute Gasteiger partial charge is 0.493 e.